The van der Waals surface area contributed by atoms with Crippen molar-refractivity contribution in [3.05, 3.63) is 0 Å². The third-order valence-corrected chi connectivity index (χ3v) is 36.7. The number of fused-ring (bicyclic) bond motifs is 14. The van der Waals surface area contributed by atoms with Gasteiger partial charge in [0.25, 0.3) is 20.2 Å². The number of hydrogen-bond donors (Lipinski definition) is 4. The van der Waals surface area contributed by atoms with Crippen molar-refractivity contribution in [1.29, 1.82) is 0 Å². The SMILES string of the molecule is CC(=O)OCC1CC2CC1C(C)C2C.CC(=O)OCC1CC2CC1C(C)C2C.CC(C)C.CC1C2CC(CO)C(C2)C1C.CC1C2CC(CO)C(C2)C1C.CC1C2CC(CS(=O)(=O)O)C(C2)C1C.CC1C2CC(CS(=O)(=O)O)C(C2)C1C.CCCC[N+](CCCC)(CCCC)CCCC.COC#CCC1CC2CC1C(C)C2C.[OH-]. The monoisotopic (exact) mass is 1650 g/mol. The first-order chi connectivity index (χ1) is 53.1. The quantitative estimate of drug-likeness (QED) is 0.0322. The summed E-state index contributed by atoms with van der Waals surface area (Å²) in [5.41, 5.74) is 0. The van der Waals surface area contributed by atoms with Gasteiger partial charge in [-0.3, -0.25) is 18.7 Å². The average Bonchev–Trinajstić information content (AvgIpc) is 1.64. The van der Waals surface area contributed by atoms with E-state index in [2.05, 4.69) is 157 Å². The van der Waals surface area contributed by atoms with Gasteiger partial charge in [0.2, 0.25) is 0 Å². The maximum absolute atomic E-state index is 10.8. The molecule has 35 atom stereocenters. The second kappa shape index (κ2) is 47.6. The molecule has 14 aliphatic rings. The highest BCUT2D eigenvalue weighted by molar-refractivity contribution is 7.86. The third kappa shape index (κ3) is 28.3. The minimum absolute atomic E-state index is 0. The fourth-order valence-corrected chi connectivity index (χ4v) is 28.8. The lowest BCUT2D eigenvalue weighted by molar-refractivity contribution is -0.929. The molecule has 0 spiro atoms. The molecule has 668 valence electrons. The van der Waals surface area contributed by atoms with Crippen LogP contribution < -0.4 is 0 Å². The van der Waals surface area contributed by atoms with Gasteiger partial charge in [-0.1, -0.05) is 177 Å². The highest BCUT2D eigenvalue weighted by Crippen LogP contribution is 2.61. The van der Waals surface area contributed by atoms with Crippen LogP contribution in [0, 0.1) is 225 Å². The van der Waals surface area contributed by atoms with Gasteiger partial charge in [0.15, 0.2) is 0 Å². The Labute approximate surface area is 701 Å². The number of rotatable bonds is 23. The maximum Gasteiger partial charge on any atom is 0.302 e. The first-order valence-corrected chi connectivity index (χ1v) is 50.6. The Kier molecular flexibility index (Phi) is 42.8. The Morgan fingerprint density at radius 1 is 0.368 bits per heavy atom. The lowest BCUT2D eigenvalue weighted by atomic mass is 9.75. The summed E-state index contributed by atoms with van der Waals surface area (Å²) in [7, 11) is -5.90. The van der Waals surface area contributed by atoms with E-state index in [1.54, 1.807) is 7.11 Å². The average molecular weight is 1650 g/mol. The molecule has 0 aromatic rings. The number of aliphatic hydroxyl groups is 2. The Balaban J connectivity index is 0.000000231. The second-order valence-corrected chi connectivity index (χ2v) is 45.1. The molecule has 0 radical (unpaired) electrons. The molecule has 5 N–H and O–H groups in total. The van der Waals surface area contributed by atoms with Gasteiger partial charge < -0.3 is 34.4 Å². The number of methoxy groups -OCH3 is 1. The van der Waals surface area contributed by atoms with Crippen LogP contribution in [0.15, 0.2) is 0 Å². The molecular formula is C97H179NO14S2. The topological polar surface area (TPSA) is 241 Å². The van der Waals surface area contributed by atoms with Gasteiger partial charge in [0.1, 0.15) is 6.11 Å². The van der Waals surface area contributed by atoms with E-state index in [4.69, 9.17) is 33.5 Å². The van der Waals surface area contributed by atoms with Crippen molar-refractivity contribution in [2.45, 2.75) is 307 Å². The number of ether oxygens (including phenoxy) is 3. The van der Waals surface area contributed by atoms with E-state index in [-0.39, 0.29) is 40.8 Å². The third-order valence-electron chi connectivity index (χ3n) is 35.0. The molecule has 15 nitrogen and oxygen atoms in total. The first kappa shape index (κ1) is 103. The summed E-state index contributed by atoms with van der Waals surface area (Å²) in [6, 6.07) is 0. The van der Waals surface area contributed by atoms with Crippen LogP contribution in [0.3, 0.4) is 0 Å². The standard InChI is InChI=1S/C16H36N.C13H20O.2C12H20O2.2C10H18O3S.2C10H18O.C4H10.H2O/c1-5-9-13-17(14-10-6-2,15-11-7-3)16-12-8-4;1-9-10(2)13-8-12(9)7-11(13)5-4-6-14-3;2*1-7-8(2)12-5-10(7)4-11(12)6-14-9(3)13;2*1-6-7(2)10-4-8(6)3-9(10)5-14(11,12)13;2*1-6-7(2)10-4-8(6)3-9(10)5-11;1-4(2)3;/h5-16H2,1-4H3;9-13H,5,7-8H2,1-3H3;2*7-8,10-12H,4-6H2,1-3H3;2*6-10H,3-5H2,1-2H3,(H,11,12,13);2*6-11H,3-5H2,1-2H3;4H,1-3H3;1H2/q+1;;;;;;;;;/p-1. The van der Waals surface area contributed by atoms with E-state index in [1.165, 1.54) is 173 Å². The number of carbonyl (C=O) groups excluding carboxylic acids is 2. The minimum atomic E-state index is -3.77. The summed E-state index contributed by atoms with van der Waals surface area (Å²) in [5, 5.41) is 18.2. The van der Waals surface area contributed by atoms with Crippen molar-refractivity contribution < 1.29 is 69.9 Å². The van der Waals surface area contributed by atoms with Crippen molar-refractivity contribution in [1.82, 2.24) is 0 Å². The van der Waals surface area contributed by atoms with E-state index in [0.29, 0.717) is 85.6 Å². The van der Waals surface area contributed by atoms with E-state index in [1.807, 2.05) is 0 Å². The van der Waals surface area contributed by atoms with Crippen LogP contribution in [0.2, 0.25) is 0 Å². The minimum Gasteiger partial charge on any atom is -0.870 e. The molecule has 14 fully saturated rings. The zero-order valence-corrected chi connectivity index (χ0v) is 78.9. The molecule has 14 saturated carbocycles. The number of esters is 2. The molecule has 0 saturated heterocycles. The van der Waals surface area contributed by atoms with Crippen molar-refractivity contribution in [2.24, 2.45) is 213 Å². The predicted octanol–water partition coefficient (Wildman–Crippen LogP) is 21.8. The van der Waals surface area contributed by atoms with Gasteiger partial charge in [0, 0.05) is 33.5 Å². The van der Waals surface area contributed by atoms with Gasteiger partial charge in [0.05, 0.1) is 58.0 Å². The molecule has 0 aliphatic heterocycles. The fourth-order valence-electron chi connectivity index (χ4n) is 27.0. The molecule has 0 aromatic heterocycles. The lowest BCUT2D eigenvalue weighted by Gasteiger charge is -2.39. The van der Waals surface area contributed by atoms with Gasteiger partial charge in [-0.25, -0.2) is 0 Å². The molecule has 14 aliphatic carbocycles. The van der Waals surface area contributed by atoms with Crippen molar-refractivity contribution in [3.63, 3.8) is 0 Å². The van der Waals surface area contributed by atoms with Gasteiger partial charge in [-0.05, 0) is 329 Å². The van der Waals surface area contributed by atoms with Crippen LogP contribution in [-0.4, -0.2) is 129 Å². The van der Waals surface area contributed by atoms with Gasteiger partial charge in [-0.15, -0.1) is 0 Å². The first-order valence-electron chi connectivity index (χ1n) is 47.4. The number of unbranched alkanes of at least 4 members (excludes halogenated alkanes) is 4. The molecule has 14 bridgehead atoms. The summed E-state index contributed by atoms with van der Waals surface area (Å²) in [5.74, 6) is 30.5. The van der Waals surface area contributed by atoms with Crippen LogP contribution in [0.25, 0.3) is 0 Å². The van der Waals surface area contributed by atoms with Crippen LogP contribution in [-0.2, 0) is 44.0 Å². The molecule has 14 rings (SSSR count). The number of quaternary nitrogens is 1. The zero-order valence-electron chi connectivity index (χ0n) is 77.3. The Morgan fingerprint density at radius 2 is 0.579 bits per heavy atom. The van der Waals surface area contributed by atoms with Crippen molar-refractivity contribution in [2.75, 3.05) is 71.2 Å². The second-order valence-electron chi connectivity index (χ2n) is 42.2. The molecule has 35 unspecified atom stereocenters. The summed E-state index contributed by atoms with van der Waals surface area (Å²) >= 11 is 0. The molecule has 114 heavy (non-hydrogen) atoms. The number of aliphatic hydroxyl groups excluding tert-OH is 2. The van der Waals surface area contributed by atoms with Crippen LogP contribution in [0.4, 0.5) is 0 Å². The summed E-state index contributed by atoms with van der Waals surface area (Å²) in [4.78, 5) is 21.5. The number of nitrogens with zero attached hydrogens (tertiary/aromatic N) is 1. The molecular weight excluding hydrogens is 1470 g/mol. The highest BCUT2D eigenvalue weighted by Gasteiger charge is 2.55. The van der Waals surface area contributed by atoms with Crippen molar-refractivity contribution in [3.8, 4) is 12.0 Å². The molecule has 0 heterocycles. The summed E-state index contributed by atoms with van der Waals surface area (Å²) in [6.45, 7) is 59.4. The van der Waals surface area contributed by atoms with E-state index in [0.717, 1.165) is 161 Å². The lowest BCUT2D eigenvalue weighted by Crippen LogP contribution is -2.50. The summed E-state index contributed by atoms with van der Waals surface area (Å²) < 4.78 is 77.3. The Morgan fingerprint density at radius 3 is 0.781 bits per heavy atom. The predicted molar refractivity (Wildman–Crippen MR) is 468 cm³/mol. The normalized spacial score (nSPS) is 41.0. The van der Waals surface area contributed by atoms with Crippen LogP contribution in [0.5, 0.6) is 0 Å². The molecule has 0 aromatic carbocycles. The van der Waals surface area contributed by atoms with E-state index < -0.39 is 20.2 Å². The van der Waals surface area contributed by atoms with Crippen LogP contribution in [0.1, 0.15) is 307 Å². The fraction of sp³-hybridized carbons (Fsp3) is 0.959. The molecule has 0 amide bonds. The molecule has 17 heteroatoms. The number of hydrogen-bond acceptors (Lipinski definition) is 12. The van der Waals surface area contributed by atoms with Gasteiger partial charge >= 0.3 is 11.9 Å². The Hall–Kier alpha value is -2.04. The largest absolute Gasteiger partial charge is 0.870 e. The van der Waals surface area contributed by atoms with Crippen LogP contribution >= 0.6 is 0 Å². The maximum atomic E-state index is 10.8. The Bertz CT molecular complexity index is 2870. The smallest absolute Gasteiger partial charge is 0.302 e. The van der Waals surface area contributed by atoms with Crippen molar-refractivity contribution >= 4 is 32.2 Å². The summed E-state index contributed by atoms with van der Waals surface area (Å²) in [6.07, 6.45) is 32.7. The highest BCUT2D eigenvalue weighted by atomic mass is 32.2. The van der Waals surface area contributed by atoms with E-state index >= 15 is 0 Å². The van der Waals surface area contributed by atoms with E-state index in [9.17, 15) is 26.4 Å². The van der Waals surface area contributed by atoms with Gasteiger partial charge in [-0.2, -0.15) is 16.8 Å². The zero-order chi connectivity index (χ0) is 84.3. The number of carbonyl (C=O) groups is 2.